The number of carbonyl (C=O) groups is 1. The van der Waals surface area contributed by atoms with Crippen molar-refractivity contribution in [3.05, 3.63) is 40.7 Å². The highest BCUT2D eigenvalue weighted by molar-refractivity contribution is 6.30. The second-order valence-electron chi connectivity index (χ2n) is 2.80. The lowest BCUT2D eigenvalue weighted by Gasteiger charge is -2.03. The molecule has 3 nitrogen and oxygen atoms in total. The molecule has 4 heteroatoms. The summed E-state index contributed by atoms with van der Waals surface area (Å²) in [5.41, 5.74) is 0.648. The molecular formula is C10H9ClN2O. The standard InChI is InChI=1S/C10H9ClN2O/c1-7(12-2)10(14)13-9-5-3-8(11)4-6-9/h3-7H,1H3,(H,13,14). The van der Waals surface area contributed by atoms with Gasteiger partial charge in [-0.2, -0.15) is 0 Å². The number of halogens is 1. The third-order valence-corrected chi connectivity index (χ3v) is 1.94. The van der Waals surface area contributed by atoms with Crippen LogP contribution in [0, 0.1) is 6.57 Å². The first-order valence-corrected chi connectivity index (χ1v) is 4.44. The van der Waals surface area contributed by atoms with Gasteiger partial charge in [-0.25, -0.2) is 6.57 Å². The summed E-state index contributed by atoms with van der Waals surface area (Å²) in [6, 6.07) is 6.08. The molecule has 0 saturated carbocycles. The molecule has 0 radical (unpaired) electrons. The van der Waals surface area contributed by atoms with Gasteiger partial charge in [-0.1, -0.05) is 11.6 Å². The smallest absolute Gasteiger partial charge is 0.307 e. The van der Waals surface area contributed by atoms with Crippen molar-refractivity contribution in [1.82, 2.24) is 0 Å². The summed E-state index contributed by atoms with van der Waals surface area (Å²) in [5.74, 6) is -0.303. The van der Waals surface area contributed by atoms with Crippen LogP contribution < -0.4 is 5.32 Å². The fourth-order valence-electron chi connectivity index (χ4n) is 0.839. The van der Waals surface area contributed by atoms with Gasteiger partial charge in [-0.05, 0) is 24.3 Å². The monoisotopic (exact) mass is 208 g/mol. The molecule has 72 valence electrons. The van der Waals surface area contributed by atoms with Gasteiger partial charge in [-0.3, -0.25) is 4.79 Å². The number of nitrogens with one attached hydrogen (secondary N) is 1. The van der Waals surface area contributed by atoms with Crippen molar-refractivity contribution in [2.45, 2.75) is 13.0 Å². The number of hydrogen-bond donors (Lipinski definition) is 1. The largest absolute Gasteiger partial charge is 0.319 e. The number of amides is 1. The van der Waals surface area contributed by atoms with Gasteiger partial charge < -0.3 is 10.2 Å². The van der Waals surface area contributed by atoms with Crippen molar-refractivity contribution in [2.75, 3.05) is 5.32 Å². The van der Waals surface area contributed by atoms with E-state index in [1.807, 2.05) is 0 Å². The van der Waals surface area contributed by atoms with E-state index in [0.29, 0.717) is 10.7 Å². The van der Waals surface area contributed by atoms with E-state index in [-0.39, 0.29) is 5.91 Å². The molecule has 1 aromatic rings. The van der Waals surface area contributed by atoms with Crippen LogP contribution in [-0.2, 0) is 4.79 Å². The predicted molar refractivity (Wildman–Crippen MR) is 56.1 cm³/mol. The van der Waals surface area contributed by atoms with Crippen LogP contribution in [0.2, 0.25) is 5.02 Å². The third-order valence-electron chi connectivity index (χ3n) is 1.68. The van der Waals surface area contributed by atoms with Crippen LogP contribution in [0.25, 0.3) is 4.85 Å². The van der Waals surface area contributed by atoms with Crippen molar-refractivity contribution < 1.29 is 4.79 Å². The second-order valence-corrected chi connectivity index (χ2v) is 3.24. The highest BCUT2D eigenvalue weighted by Gasteiger charge is 2.15. The summed E-state index contributed by atoms with van der Waals surface area (Å²) in [6.07, 6.45) is 0. The molecule has 0 aliphatic heterocycles. The average Bonchev–Trinajstić information content (AvgIpc) is 2.20. The Morgan fingerprint density at radius 1 is 1.50 bits per heavy atom. The van der Waals surface area contributed by atoms with Crippen LogP contribution in [0.4, 0.5) is 5.69 Å². The van der Waals surface area contributed by atoms with E-state index in [4.69, 9.17) is 18.2 Å². The highest BCUT2D eigenvalue weighted by Crippen LogP contribution is 2.13. The van der Waals surface area contributed by atoms with Crippen molar-refractivity contribution in [3.8, 4) is 0 Å². The van der Waals surface area contributed by atoms with Crippen molar-refractivity contribution >= 4 is 23.2 Å². The van der Waals surface area contributed by atoms with Crippen LogP contribution in [0.5, 0.6) is 0 Å². The molecule has 1 N–H and O–H groups in total. The quantitative estimate of drug-likeness (QED) is 0.745. The predicted octanol–water partition coefficient (Wildman–Crippen LogP) is 2.59. The van der Waals surface area contributed by atoms with Crippen molar-refractivity contribution in [3.63, 3.8) is 0 Å². The summed E-state index contributed by atoms with van der Waals surface area (Å²) < 4.78 is 0. The first kappa shape index (κ1) is 10.6. The lowest BCUT2D eigenvalue weighted by molar-refractivity contribution is -0.116. The van der Waals surface area contributed by atoms with Gasteiger partial charge in [0.25, 0.3) is 6.04 Å². The molecule has 0 spiro atoms. The van der Waals surface area contributed by atoms with Gasteiger partial charge in [0.2, 0.25) is 0 Å². The summed E-state index contributed by atoms with van der Waals surface area (Å²) in [4.78, 5) is 14.4. The number of hydrogen-bond acceptors (Lipinski definition) is 1. The molecule has 0 aromatic heterocycles. The van der Waals surface area contributed by atoms with E-state index in [1.54, 1.807) is 31.2 Å². The molecule has 1 atom stereocenters. The van der Waals surface area contributed by atoms with Crippen LogP contribution in [0.3, 0.4) is 0 Å². The van der Waals surface area contributed by atoms with E-state index >= 15 is 0 Å². The normalized spacial score (nSPS) is 11.5. The minimum atomic E-state index is -0.661. The lowest BCUT2D eigenvalue weighted by Crippen LogP contribution is -2.21. The zero-order valence-electron chi connectivity index (χ0n) is 7.62. The van der Waals surface area contributed by atoms with Gasteiger partial charge in [0.05, 0.1) is 0 Å². The van der Waals surface area contributed by atoms with Gasteiger partial charge >= 0.3 is 5.91 Å². The molecule has 0 heterocycles. The molecule has 1 aromatic carbocycles. The Hall–Kier alpha value is -1.53. The van der Waals surface area contributed by atoms with Gasteiger partial charge in [-0.15, -0.1) is 0 Å². The average molecular weight is 209 g/mol. The minimum absolute atomic E-state index is 0.303. The Balaban J connectivity index is 2.66. The van der Waals surface area contributed by atoms with Crippen molar-refractivity contribution in [2.24, 2.45) is 0 Å². The zero-order chi connectivity index (χ0) is 10.6. The number of rotatable bonds is 2. The second kappa shape index (κ2) is 4.64. The zero-order valence-corrected chi connectivity index (χ0v) is 8.38. The first-order chi connectivity index (χ1) is 6.63. The maximum atomic E-state index is 11.3. The Kier molecular flexibility index (Phi) is 3.49. The molecular weight excluding hydrogens is 200 g/mol. The maximum Gasteiger partial charge on any atom is 0.307 e. The molecule has 0 aliphatic carbocycles. The minimum Gasteiger partial charge on any atom is -0.319 e. The highest BCUT2D eigenvalue weighted by atomic mass is 35.5. The Morgan fingerprint density at radius 3 is 2.57 bits per heavy atom. The summed E-state index contributed by atoms with van der Waals surface area (Å²) in [7, 11) is 0. The summed E-state index contributed by atoms with van der Waals surface area (Å²) >= 11 is 5.68. The van der Waals surface area contributed by atoms with Gasteiger partial charge in [0.15, 0.2) is 0 Å². The molecule has 0 fully saturated rings. The molecule has 1 amide bonds. The maximum absolute atomic E-state index is 11.3. The third kappa shape index (κ3) is 2.75. The van der Waals surface area contributed by atoms with E-state index in [2.05, 4.69) is 10.2 Å². The van der Waals surface area contributed by atoms with Crippen LogP contribution in [0.15, 0.2) is 24.3 Å². The van der Waals surface area contributed by atoms with Crippen LogP contribution in [-0.4, -0.2) is 11.9 Å². The first-order valence-electron chi connectivity index (χ1n) is 4.06. The molecule has 0 aliphatic rings. The Morgan fingerprint density at radius 2 is 2.07 bits per heavy atom. The molecule has 1 rings (SSSR count). The fourth-order valence-corrected chi connectivity index (χ4v) is 0.965. The SMILES string of the molecule is [C-]#[N+]C(C)C(=O)Nc1ccc(Cl)cc1. The molecule has 14 heavy (non-hydrogen) atoms. The fraction of sp³-hybridized carbons (Fsp3) is 0.200. The van der Waals surface area contributed by atoms with Crippen LogP contribution in [0.1, 0.15) is 6.92 Å². The Bertz CT molecular complexity index is 367. The number of benzene rings is 1. The van der Waals surface area contributed by atoms with E-state index < -0.39 is 6.04 Å². The molecule has 0 saturated heterocycles. The van der Waals surface area contributed by atoms with E-state index in [1.165, 1.54) is 0 Å². The number of carbonyl (C=O) groups excluding carboxylic acids is 1. The van der Waals surface area contributed by atoms with Crippen LogP contribution >= 0.6 is 11.6 Å². The Labute approximate surface area is 87.5 Å². The molecule has 0 bridgehead atoms. The van der Waals surface area contributed by atoms with Gasteiger partial charge in [0.1, 0.15) is 0 Å². The van der Waals surface area contributed by atoms with Crippen molar-refractivity contribution in [1.29, 1.82) is 0 Å². The summed E-state index contributed by atoms with van der Waals surface area (Å²) in [6.45, 7) is 8.24. The topological polar surface area (TPSA) is 33.5 Å². The van der Waals surface area contributed by atoms with E-state index in [9.17, 15) is 4.79 Å². The number of nitrogens with zero attached hydrogens (tertiary/aromatic N) is 1. The van der Waals surface area contributed by atoms with Gasteiger partial charge in [0, 0.05) is 17.6 Å². The lowest BCUT2D eigenvalue weighted by atomic mass is 10.3. The summed E-state index contributed by atoms with van der Waals surface area (Å²) in [5, 5.41) is 3.22. The van der Waals surface area contributed by atoms with E-state index in [0.717, 1.165) is 0 Å². The number of anilines is 1. The molecule has 1 unspecified atom stereocenters.